The first kappa shape index (κ1) is 18.9. The van der Waals surface area contributed by atoms with Crippen LogP contribution in [0.4, 0.5) is 4.39 Å². The van der Waals surface area contributed by atoms with E-state index in [0.29, 0.717) is 19.8 Å². The van der Waals surface area contributed by atoms with Crippen LogP contribution in [0.25, 0.3) is 0 Å². The Bertz CT molecular complexity index is 787. The Morgan fingerprint density at radius 2 is 2.04 bits per heavy atom. The van der Waals surface area contributed by atoms with Crippen LogP contribution in [0.1, 0.15) is 54.7 Å². The smallest absolute Gasteiger partial charge is 0.291 e. The summed E-state index contributed by atoms with van der Waals surface area (Å²) in [5, 5.41) is 6.43. The number of aromatic nitrogens is 3. The van der Waals surface area contributed by atoms with Crippen molar-refractivity contribution in [3.63, 3.8) is 0 Å². The van der Waals surface area contributed by atoms with E-state index in [-0.39, 0.29) is 35.4 Å². The Kier molecular flexibility index (Phi) is 5.85. The summed E-state index contributed by atoms with van der Waals surface area (Å²) in [7, 11) is 0. The van der Waals surface area contributed by atoms with Crippen LogP contribution in [0.2, 0.25) is 0 Å². The van der Waals surface area contributed by atoms with Crippen molar-refractivity contribution in [1.29, 1.82) is 0 Å². The number of amides is 1. The SMILES string of the molecule is O=C(c1ncn[nH]1)N(Cc1ccc(F)c(OC2CCCC2)c1)C1CCOCC1. The maximum Gasteiger partial charge on any atom is 0.291 e. The van der Waals surface area contributed by atoms with E-state index in [1.54, 1.807) is 17.0 Å². The van der Waals surface area contributed by atoms with Gasteiger partial charge in [-0.15, -0.1) is 0 Å². The Balaban J connectivity index is 1.54. The second kappa shape index (κ2) is 8.68. The fraction of sp³-hybridized carbons (Fsp3) is 0.550. The van der Waals surface area contributed by atoms with Crippen LogP contribution in [-0.4, -0.2) is 51.3 Å². The molecule has 8 heteroatoms. The molecule has 1 aliphatic heterocycles. The van der Waals surface area contributed by atoms with Crippen molar-refractivity contribution >= 4 is 5.91 Å². The number of nitrogens with one attached hydrogen (secondary N) is 1. The first-order chi connectivity index (χ1) is 13.7. The highest BCUT2D eigenvalue weighted by Gasteiger charge is 2.29. The van der Waals surface area contributed by atoms with Gasteiger partial charge >= 0.3 is 0 Å². The van der Waals surface area contributed by atoms with Gasteiger partial charge in [0, 0.05) is 25.8 Å². The fourth-order valence-corrected chi connectivity index (χ4v) is 3.93. The van der Waals surface area contributed by atoms with Gasteiger partial charge in [-0.05, 0) is 56.2 Å². The van der Waals surface area contributed by atoms with E-state index in [1.807, 2.05) is 0 Å². The number of hydrogen-bond donors (Lipinski definition) is 1. The molecule has 2 heterocycles. The van der Waals surface area contributed by atoms with Crippen LogP contribution in [-0.2, 0) is 11.3 Å². The maximum absolute atomic E-state index is 14.3. The highest BCUT2D eigenvalue weighted by Crippen LogP contribution is 2.28. The molecule has 1 saturated carbocycles. The summed E-state index contributed by atoms with van der Waals surface area (Å²) < 4.78 is 25.6. The lowest BCUT2D eigenvalue weighted by Gasteiger charge is -2.34. The molecule has 1 N–H and O–H groups in total. The standard InChI is InChI=1S/C20H25FN4O3/c21-17-6-5-14(11-18(17)28-16-3-1-2-4-16)12-25(15-7-9-27-10-8-15)20(26)19-22-13-23-24-19/h5-6,11,13,15-16H,1-4,7-10,12H2,(H,22,23,24). The summed E-state index contributed by atoms with van der Waals surface area (Å²) in [4.78, 5) is 18.8. The molecule has 0 radical (unpaired) electrons. The van der Waals surface area contributed by atoms with Crippen molar-refractivity contribution < 1.29 is 18.7 Å². The Labute approximate surface area is 163 Å². The topological polar surface area (TPSA) is 80.3 Å². The average molecular weight is 388 g/mol. The molecule has 150 valence electrons. The van der Waals surface area contributed by atoms with Gasteiger partial charge in [0.25, 0.3) is 5.91 Å². The Morgan fingerprint density at radius 1 is 1.25 bits per heavy atom. The number of aromatic amines is 1. The predicted octanol–water partition coefficient (Wildman–Crippen LogP) is 3.09. The minimum absolute atomic E-state index is 0.0376. The first-order valence-corrected chi connectivity index (χ1v) is 9.90. The molecule has 1 saturated heterocycles. The normalized spacial score (nSPS) is 18.3. The molecule has 2 aliphatic rings. The van der Waals surface area contributed by atoms with E-state index in [0.717, 1.165) is 44.1 Å². The molecule has 4 rings (SSSR count). The second-order valence-corrected chi connectivity index (χ2v) is 7.40. The molecule has 2 fully saturated rings. The molecule has 1 aromatic heterocycles. The van der Waals surface area contributed by atoms with Crippen molar-refractivity contribution in [2.45, 2.75) is 57.2 Å². The molecule has 7 nitrogen and oxygen atoms in total. The van der Waals surface area contributed by atoms with Gasteiger partial charge in [0.2, 0.25) is 5.82 Å². The first-order valence-electron chi connectivity index (χ1n) is 9.90. The van der Waals surface area contributed by atoms with E-state index in [1.165, 1.54) is 12.4 Å². The average Bonchev–Trinajstić information content (AvgIpc) is 3.43. The van der Waals surface area contributed by atoms with Crippen LogP contribution in [0.5, 0.6) is 5.75 Å². The quantitative estimate of drug-likeness (QED) is 0.823. The number of rotatable bonds is 6. The molecular formula is C20H25FN4O3. The molecule has 0 atom stereocenters. The minimum Gasteiger partial charge on any atom is -0.487 e. The number of ether oxygens (including phenoxy) is 2. The second-order valence-electron chi connectivity index (χ2n) is 7.40. The van der Waals surface area contributed by atoms with Gasteiger partial charge in [0.05, 0.1) is 6.10 Å². The van der Waals surface area contributed by atoms with Gasteiger partial charge in [-0.25, -0.2) is 9.37 Å². The zero-order valence-corrected chi connectivity index (χ0v) is 15.8. The van der Waals surface area contributed by atoms with Crippen molar-refractivity contribution in [3.8, 4) is 5.75 Å². The molecule has 1 aromatic carbocycles. The third-order valence-corrected chi connectivity index (χ3v) is 5.45. The molecule has 2 aromatic rings. The van der Waals surface area contributed by atoms with E-state index in [2.05, 4.69) is 15.2 Å². The van der Waals surface area contributed by atoms with Crippen LogP contribution in [0.3, 0.4) is 0 Å². The zero-order chi connectivity index (χ0) is 19.3. The molecule has 1 amide bonds. The number of hydrogen-bond acceptors (Lipinski definition) is 5. The number of carbonyl (C=O) groups excluding carboxylic acids is 1. The van der Waals surface area contributed by atoms with Gasteiger partial charge in [-0.1, -0.05) is 6.07 Å². The van der Waals surface area contributed by atoms with Gasteiger partial charge in [0.15, 0.2) is 11.6 Å². The lowest BCUT2D eigenvalue weighted by molar-refractivity contribution is 0.0260. The Hall–Kier alpha value is -2.48. The third kappa shape index (κ3) is 4.32. The highest BCUT2D eigenvalue weighted by molar-refractivity contribution is 5.90. The van der Waals surface area contributed by atoms with E-state index < -0.39 is 0 Å². The van der Waals surface area contributed by atoms with Gasteiger partial charge in [0.1, 0.15) is 6.33 Å². The monoisotopic (exact) mass is 388 g/mol. The highest BCUT2D eigenvalue weighted by atomic mass is 19.1. The maximum atomic E-state index is 14.3. The zero-order valence-electron chi connectivity index (χ0n) is 15.8. The summed E-state index contributed by atoms with van der Waals surface area (Å²) in [6.45, 7) is 1.58. The van der Waals surface area contributed by atoms with E-state index >= 15 is 0 Å². The fourth-order valence-electron chi connectivity index (χ4n) is 3.93. The lowest BCUT2D eigenvalue weighted by atomic mass is 10.1. The van der Waals surface area contributed by atoms with Crippen molar-refractivity contribution in [1.82, 2.24) is 20.1 Å². The molecule has 28 heavy (non-hydrogen) atoms. The van der Waals surface area contributed by atoms with Crippen molar-refractivity contribution in [2.24, 2.45) is 0 Å². The van der Waals surface area contributed by atoms with Gasteiger partial charge in [-0.2, -0.15) is 5.10 Å². The van der Waals surface area contributed by atoms with E-state index in [4.69, 9.17) is 9.47 Å². The van der Waals surface area contributed by atoms with Crippen LogP contribution in [0.15, 0.2) is 24.5 Å². The van der Waals surface area contributed by atoms with Crippen LogP contribution in [0, 0.1) is 5.82 Å². The van der Waals surface area contributed by atoms with Crippen molar-refractivity contribution in [3.05, 3.63) is 41.7 Å². The molecule has 1 aliphatic carbocycles. The largest absolute Gasteiger partial charge is 0.487 e. The molecule has 0 unspecified atom stereocenters. The van der Waals surface area contributed by atoms with Crippen LogP contribution >= 0.6 is 0 Å². The van der Waals surface area contributed by atoms with E-state index in [9.17, 15) is 9.18 Å². The third-order valence-electron chi connectivity index (χ3n) is 5.45. The Morgan fingerprint density at radius 3 is 2.75 bits per heavy atom. The summed E-state index contributed by atoms with van der Waals surface area (Å²) in [5.74, 6) is -0.110. The van der Waals surface area contributed by atoms with Crippen molar-refractivity contribution in [2.75, 3.05) is 13.2 Å². The number of halogens is 1. The van der Waals surface area contributed by atoms with Gasteiger partial charge < -0.3 is 14.4 Å². The lowest BCUT2D eigenvalue weighted by Crippen LogP contribution is -2.43. The predicted molar refractivity (Wildman–Crippen MR) is 99.4 cm³/mol. The number of nitrogens with zero attached hydrogens (tertiary/aromatic N) is 3. The number of H-pyrrole nitrogens is 1. The summed E-state index contributed by atoms with van der Waals surface area (Å²) >= 11 is 0. The minimum atomic E-state index is -0.366. The molecule has 0 spiro atoms. The van der Waals surface area contributed by atoms with Crippen LogP contribution < -0.4 is 4.74 Å². The molecular weight excluding hydrogens is 363 g/mol. The number of benzene rings is 1. The summed E-state index contributed by atoms with van der Waals surface area (Å²) in [5.41, 5.74) is 0.828. The molecule has 0 bridgehead atoms. The summed E-state index contributed by atoms with van der Waals surface area (Å²) in [6.07, 6.45) is 7.07. The number of carbonyl (C=O) groups is 1. The summed E-state index contributed by atoms with van der Waals surface area (Å²) in [6, 6.07) is 4.88. The van der Waals surface area contributed by atoms with Gasteiger partial charge in [-0.3, -0.25) is 9.89 Å².